The van der Waals surface area contributed by atoms with Crippen molar-refractivity contribution in [2.45, 2.75) is 12.5 Å². The van der Waals surface area contributed by atoms with Crippen molar-refractivity contribution in [2.75, 3.05) is 6.54 Å². The van der Waals surface area contributed by atoms with Gasteiger partial charge in [-0.25, -0.2) is 9.67 Å². The van der Waals surface area contributed by atoms with E-state index in [0.29, 0.717) is 17.1 Å². The van der Waals surface area contributed by atoms with E-state index >= 15 is 0 Å². The number of nitrogens with zero attached hydrogens (tertiary/aromatic N) is 3. The maximum Gasteiger partial charge on any atom is 0.255 e. The zero-order chi connectivity index (χ0) is 16.3. The highest BCUT2D eigenvalue weighted by molar-refractivity contribution is 5.97. The van der Waals surface area contributed by atoms with Gasteiger partial charge in [-0.15, -0.1) is 0 Å². The Balaban J connectivity index is 1.77. The van der Waals surface area contributed by atoms with Gasteiger partial charge in [-0.3, -0.25) is 4.79 Å². The lowest BCUT2D eigenvalue weighted by molar-refractivity contribution is 0.0330. The highest BCUT2D eigenvalue weighted by Crippen LogP contribution is 2.20. The van der Waals surface area contributed by atoms with Gasteiger partial charge in [0, 0.05) is 18.6 Å². The van der Waals surface area contributed by atoms with Crippen LogP contribution in [0.4, 0.5) is 0 Å². The minimum Gasteiger partial charge on any atom is -0.466 e. The minimum absolute atomic E-state index is 0.00673. The van der Waals surface area contributed by atoms with Gasteiger partial charge in [0.05, 0.1) is 18.4 Å². The predicted molar refractivity (Wildman–Crippen MR) is 82.0 cm³/mol. The first kappa shape index (κ1) is 15.0. The molecular weight excluding hydrogens is 296 g/mol. The molecule has 0 fully saturated rings. The summed E-state index contributed by atoms with van der Waals surface area (Å²) in [4.78, 5) is 16.6. The Morgan fingerprint density at radius 2 is 2.22 bits per heavy atom. The molecule has 3 heterocycles. The summed E-state index contributed by atoms with van der Waals surface area (Å²) in [6.45, 7) is 1.58. The van der Waals surface area contributed by atoms with Crippen molar-refractivity contribution < 1.29 is 14.3 Å². The van der Waals surface area contributed by atoms with Crippen molar-refractivity contribution in [3.8, 4) is 5.82 Å². The molecule has 23 heavy (non-hydrogen) atoms. The second-order valence-corrected chi connectivity index (χ2v) is 5.26. The smallest absolute Gasteiger partial charge is 0.255 e. The molecule has 0 aliphatic carbocycles. The first-order chi connectivity index (χ1) is 11.1. The Kier molecular flexibility index (Phi) is 3.94. The van der Waals surface area contributed by atoms with Crippen LogP contribution < -0.4 is 5.32 Å². The molecule has 3 rings (SSSR count). The van der Waals surface area contributed by atoms with E-state index in [4.69, 9.17) is 4.42 Å². The Hall–Kier alpha value is -2.93. The van der Waals surface area contributed by atoms with E-state index in [9.17, 15) is 9.90 Å². The molecule has 0 aliphatic rings. The maximum absolute atomic E-state index is 12.4. The standard InChI is InChI=1S/C16H16N4O3/c1-16(22,13-6-3-10-23-13)11-18-15(21)12-5-2-7-17-14(12)20-9-4-8-19-20/h2-10,22H,11H2,1H3,(H,18,21)/t16-/m0/s1. The van der Waals surface area contributed by atoms with Crippen molar-refractivity contribution in [2.24, 2.45) is 0 Å². The van der Waals surface area contributed by atoms with E-state index in [1.807, 2.05) is 0 Å². The Labute approximate surface area is 132 Å². The number of aromatic nitrogens is 3. The summed E-state index contributed by atoms with van der Waals surface area (Å²) >= 11 is 0. The van der Waals surface area contributed by atoms with Crippen LogP contribution in [0.2, 0.25) is 0 Å². The summed E-state index contributed by atoms with van der Waals surface area (Å²) in [5.74, 6) is 0.458. The number of carbonyl (C=O) groups is 1. The van der Waals surface area contributed by atoms with Gasteiger partial charge in [-0.2, -0.15) is 5.10 Å². The zero-order valence-corrected chi connectivity index (χ0v) is 12.5. The molecule has 1 atom stereocenters. The highest BCUT2D eigenvalue weighted by Gasteiger charge is 2.27. The first-order valence-corrected chi connectivity index (χ1v) is 7.07. The van der Waals surface area contributed by atoms with E-state index in [2.05, 4.69) is 15.4 Å². The van der Waals surface area contributed by atoms with E-state index < -0.39 is 5.60 Å². The van der Waals surface area contributed by atoms with Crippen LogP contribution in [0.5, 0.6) is 0 Å². The van der Waals surface area contributed by atoms with Gasteiger partial charge in [0.1, 0.15) is 11.4 Å². The largest absolute Gasteiger partial charge is 0.466 e. The number of amides is 1. The van der Waals surface area contributed by atoms with Gasteiger partial charge >= 0.3 is 0 Å². The van der Waals surface area contributed by atoms with Gasteiger partial charge in [0.2, 0.25) is 0 Å². The van der Waals surface area contributed by atoms with Crippen molar-refractivity contribution in [3.63, 3.8) is 0 Å². The molecule has 118 valence electrons. The Morgan fingerprint density at radius 3 is 2.91 bits per heavy atom. The number of hydrogen-bond donors (Lipinski definition) is 2. The average Bonchev–Trinajstić information content (AvgIpc) is 3.25. The topological polar surface area (TPSA) is 93.2 Å². The Morgan fingerprint density at radius 1 is 1.35 bits per heavy atom. The summed E-state index contributed by atoms with van der Waals surface area (Å²) in [5.41, 5.74) is -0.931. The van der Waals surface area contributed by atoms with E-state index in [1.54, 1.807) is 55.8 Å². The average molecular weight is 312 g/mol. The lowest BCUT2D eigenvalue weighted by Gasteiger charge is -2.21. The van der Waals surface area contributed by atoms with E-state index in [-0.39, 0.29) is 12.5 Å². The number of aliphatic hydroxyl groups is 1. The van der Waals surface area contributed by atoms with Crippen molar-refractivity contribution in [1.82, 2.24) is 20.1 Å². The molecule has 1 amide bonds. The molecule has 7 nitrogen and oxygen atoms in total. The molecule has 2 N–H and O–H groups in total. The van der Waals surface area contributed by atoms with Crippen LogP contribution in [0.15, 0.2) is 59.6 Å². The van der Waals surface area contributed by atoms with Crippen molar-refractivity contribution >= 4 is 5.91 Å². The quantitative estimate of drug-likeness (QED) is 0.744. The lowest BCUT2D eigenvalue weighted by atomic mass is 10.0. The normalized spacial score (nSPS) is 13.5. The van der Waals surface area contributed by atoms with Crippen LogP contribution in [0.1, 0.15) is 23.0 Å². The van der Waals surface area contributed by atoms with Crippen molar-refractivity contribution in [1.29, 1.82) is 0 Å². The molecule has 3 aromatic heterocycles. The fourth-order valence-electron chi connectivity index (χ4n) is 2.17. The van der Waals surface area contributed by atoms with Crippen LogP contribution in [-0.2, 0) is 5.60 Å². The number of furan rings is 1. The van der Waals surface area contributed by atoms with E-state index in [1.165, 1.54) is 10.9 Å². The molecule has 0 aromatic carbocycles. The van der Waals surface area contributed by atoms with Crippen LogP contribution in [0, 0.1) is 0 Å². The molecule has 3 aromatic rings. The second kappa shape index (κ2) is 6.05. The molecule has 7 heteroatoms. The number of nitrogens with one attached hydrogen (secondary N) is 1. The molecule has 0 saturated carbocycles. The van der Waals surface area contributed by atoms with Crippen LogP contribution >= 0.6 is 0 Å². The fourth-order valence-corrected chi connectivity index (χ4v) is 2.17. The van der Waals surface area contributed by atoms with Gasteiger partial charge < -0.3 is 14.8 Å². The highest BCUT2D eigenvalue weighted by atomic mass is 16.4. The second-order valence-electron chi connectivity index (χ2n) is 5.26. The van der Waals surface area contributed by atoms with Gasteiger partial charge in [0.15, 0.2) is 5.82 Å². The van der Waals surface area contributed by atoms with Crippen LogP contribution in [0.25, 0.3) is 5.82 Å². The third-order valence-corrected chi connectivity index (χ3v) is 3.40. The van der Waals surface area contributed by atoms with Crippen LogP contribution in [0.3, 0.4) is 0 Å². The molecule has 0 saturated heterocycles. The lowest BCUT2D eigenvalue weighted by Crippen LogP contribution is -2.38. The fraction of sp³-hybridized carbons (Fsp3) is 0.188. The number of carbonyl (C=O) groups excluding carboxylic acids is 1. The number of rotatable bonds is 5. The molecule has 0 aliphatic heterocycles. The predicted octanol–water partition coefficient (Wildman–Crippen LogP) is 1.50. The summed E-state index contributed by atoms with van der Waals surface area (Å²) in [6, 6.07) is 8.42. The molecule has 0 unspecified atom stereocenters. The third kappa shape index (κ3) is 3.14. The molecule has 0 bridgehead atoms. The minimum atomic E-state index is -1.30. The van der Waals surface area contributed by atoms with Gasteiger partial charge in [-0.05, 0) is 37.3 Å². The first-order valence-electron chi connectivity index (χ1n) is 7.07. The molecule has 0 radical (unpaired) electrons. The third-order valence-electron chi connectivity index (χ3n) is 3.40. The number of pyridine rings is 1. The van der Waals surface area contributed by atoms with Gasteiger partial charge in [0.25, 0.3) is 5.91 Å². The SMILES string of the molecule is C[C@](O)(CNC(=O)c1cccnc1-n1cccn1)c1ccco1. The summed E-state index contributed by atoms with van der Waals surface area (Å²) < 4.78 is 6.70. The van der Waals surface area contributed by atoms with Crippen molar-refractivity contribution in [3.05, 3.63) is 66.5 Å². The van der Waals surface area contributed by atoms with Gasteiger partial charge in [-0.1, -0.05) is 0 Å². The summed E-state index contributed by atoms with van der Waals surface area (Å²) in [5, 5.41) is 17.2. The Bertz CT molecular complexity index is 780. The zero-order valence-electron chi connectivity index (χ0n) is 12.5. The summed E-state index contributed by atoms with van der Waals surface area (Å²) in [6.07, 6.45) is 6.38. The van der Waals surface area contributed by atoms with Crippen LogP contribution in [-0.4, -0.2) is 32.3 Å². The summed E-state index contributed by atoms with van der Waals surface area (Å²) in [7, 11) is 0. The molecule has 0 spiro atoms. The maximum atomic E-state index is 12.4. The molecular formula is C16H16N4O3. The number of hydrogen-bond acceptors (Lipinski definition) is 5. The van der Waals surface area contributed by atoms with E-state index in [0.717, 1.165) is 0 Å². The monoisotopic (exact) mass is 312 g/mol.